The Morgan fingerprint density at radius 3 is 2.50 bits per heavy atom. The summed E-state index contributed by atoms with van der Waals surface area (Å²) in [4.78, 5) is 0. The maximum Gasteiger partial charge on any atom is 0.0377 e. The smallest absolute Gasteiger partial charge is 0.0377 e. The van der Waals surface area contributed by atoms with Gasteiger partial charge < -0.3 is 5.73 Å². The standard InChI is InChI=1S/C3H5ClIN/c4-3(1-5)2-6/h1H,2,6H2/b3-1+. The zero-order chi connectivity index (χ0) is 4.99. The second kappa shape index (κ2) is 3.89. The molecule has 0 heterocycles. The van der Waals surface area contributed by atoms with Gasteiger partial charge in [0.1, 0.15) is 0 Å². The molecule has 0 aromatic carbocycles. The van der Waals surface area contributed by atoms with Gasteiger partial charge in [0.15, 0.2) is 0 Å². The van der Waals surface area contributed by atoms with Gasteiger partial charge in [-0.15, -0.1) is 0 Å². The lowest BCUT2D eigenvalue weighted by Gasteiger charge is -1.81. The second-order valence-electron chi connectivity index (χ2n) is 0.760. The number of nitrogens with two attached hydrogens (primary N) is 1. The third-order valence-corrected chi connectivity index (χ3v) is 1.70. The second-order valence-corrected chi connectivity index (χ2v) is 1.87. The summed E-state index contributed by atoms with van der Waals surface area (Å²) in [5.74, 6) is 0. The van der Waals surface area contributed by atoms with E-state index in [1.165, 1.54) is 0 Å². The Kier molecular flexibility index (Phi) is 4.36. The molecule has 0 saturated carbocycles. The van der Waals surface area contributed by atoms with Crippen molar-refractivity contribution in [3.63, 3.8) is 0 Å². The highest BCUT2D eigenvalue weighted by atomic mass is 127. The molecule has 0 aliphatic carbocycles. The number of hydrogen-bond donors (Lipinski definition) is 1. The topological polar surface area (TPSA) is 26.0 Å². The van der Waals surface area contributed by atoms with Crippen LogP contribution in [0.15, 0.2) is 9.12 Å². The summed E-state index contributed by atoms with van der Waals surface area (Å²) in [6.07, 6.45) is 0. The van der Waals surface area contributed by atoms with E-state index in [-0.39, 0.29) is 0 Å². The summed E-state index contributed by atoms with van der Waals surface area (Å²) < 4.78 is 1.75. The van der Waals surface area contributed by atoms with Gasteiger partial charge in [-0.2, -0.15) is 0 Å². The van der Waals surface area contributed by atoms with Crippen LogP contribution in [-0.4, -0.2) is 6.54 Å². The maximum absolute atomic E-state index is 5.38. The average molecular weight is 217 g/mol. The van der Waals surface area contributed by atoms with Gasteiger partial charge in [0.2, 0.25) is 0 Å². The van der Waals surface area contributed by atoms with Crippen molar-refractivity contribution < 1.29 is 0 Å². The Labute approximate surface area is 55.7 Å². The van der Waals surface area contributed by atoms with E-state index in [9.17, 15) is 0 Å². The van der Waals surface area contributed by atoms with Crippen molar-refractivity contribution in [2.45, 2.75) is 0 Å². The van der Waals surface area contributed by atoms with Crippen molar-refractivity contribution in [2.24, 2.45) is 5.73 Å². The zero-order valence-electron chi connectivity index (χ0n) is 3.12. The van der Waals surface area contributed by atoms with Crippen molar-refractivity contribution in [3.8, 4) is 0 Å². The molecule has 0 fully saturated rings. The quantitative estimate of drug-likeness (QED) is 0.661. The molecular weight excluding hydrogens is 212 g/mol. The average Bonchev–Trinajstić information content (AvgIpc) is 1.65. The van der Waals surface area contributed by atoms with Crippen LogP contribution >= 0.6 is 34.2 Å². The van der Waals surface area contributed by atoms with Crippen LogP contribution < -0.4 is 5.73 Å². The van der Waals surface area contributed by atoms with Gasteiger partial charge in [0.05, 0.1) is 0 Å². The first-order valence-electron chi connectivity index (χ1n) is 1.46. The summed E-state index contributed by atoms with van der Waals surface area (Å²) in [7, 11) is 0. The lowest BCUT2D eigenvalue weighted by Crippen LogP contribution is -1.96. The van der Waals surface area contributed by atoms with Crippen molar-refractivity contribution >= 4 is 34.2 Å². The van der Waals surface area contributed by atoms with E-state index in [1.807, 2.05) is 22.6 Å². The van der Waals surface area contributed by atoms with Crippen LogP contribution in [0, 0.1) is 0 Å². The Balaban J connectivity index is 3.22. The van der Waals surface area contributed by atoms with E-state index in [1.54, 1.807) is 4.08 Å². The van der Waals surface area contributed by atoms with Crippen LogP contribution in [0.3, 0.4) is 0 Å². The van der Waals surface area contributed by atoms with E-state index in [4.69, 9.17) is 17.3 Å². The van der Waals surface area contributed by atoms with Gasteiger partial charge in [-0.1, -0.05) is 34.2 Å². The zero-order valence-corrected chi connectivity index (χ0v) is 6.03. The van der Waals surface area contributed by atoms with Crippen LogP contribution in [-0.2, 0) is 0 Å². The van der Waals surface area contributed by atoms with Crippen molar-refractivity contribution in [3.05, 3.63) is 9.12 Å². The first-order valence-corrected chi connectivity index (χ1v) is 3.08. The molecule has 0 amide bonds. The molecule has 6 heavy (non-hydrogen) atoms. The highest BCUT2D eigenvalue weighted by molar-refractivity contribution is 14.1. The third-order valence-electron chi connectivity index (χ3n) is 0.313. The fourth-order valence-electron chi connectivity index (χ4n) is 0.0445. The number of halogens is 2. The summed E-state index contributed by atoms with van der Waals surface area (Å²) in [6.45, 7) is 0.449. The predicted molar refractivity (Wildman–Crippen MR) is 37.0 cm³/mol. The number of rotatable bonds is 1. The number of hydrogen-bond acceptors (Lipinski definition) is 1. The molecule has 36 valence electrons. The predicted octanol–water partition coefficient (Wildman–Crippen LogP) is 1.46. The summed E-state index contributed by atoms with van der Waals surface area (Å²) in [5.41, 5.74) is 5.08. The summed E-state index contributed by atoms with van der Waals surface area (Å²) >= 11 is 7.42. The molecule has 0 saturated heterocycles. The van der Waals surface area contributed by atoms with E-state index in [2.05, 4.69) is 0 Å². The largest absolute Gasteiger partial charge is 0.326 e. The minimum absolute atomic E-state index is 0.449. The molecule has 0 radical (unpaired) electrons. The lowest BCUT2D eigenvalue weighted by atomic mass is 10.7. The molecule has 0 bridgehead atoms. The third kappa shape index (κ3) is 2.93. The van der Waals surface area contributed by atoms with Gasteiger partial charge >= 0.3 is 0 Å². The van der Waals surface area contributed by atoms with Crippen molar-refractivity contribution in [2.75, 3.05) is 6.54 Å². The van der Waals surface area contributed by atoms with Crippen molar-refractivity contribution in [1.82, 2.24) is 0 Å². The van der Waals surface area contributed by atoms with Gasteiger partial charge in [0.25, 0.3) is 0 Å². The van der Waals surface area contributed by atoms with Crippen LogP contribution in [0.25, 0.3) is 0 Å². The van der Waals surface area contributed by atoms with Gasteiger partial charge in [0, 0.05) is 11.6 Å². The fraction of sp³-hybridized carbons (Fsp3) is 0.333. The molecule has 1 nitrogen and oxygen atoms in total. The molecule has 0 aliphatic heterocycles. The van der Waals surface area contributed by atoms with Crippen LogP contribution in [0.2, 0.25) is 0 Å². The minimum Gasteiger partial charge on any atom is -0.326 e. The fourth-order valence-corrected chi connectivity index (χ4v) is 0.299. The molecule has 0 rings (SSSR count). The van der Waals surface area contributed by atoms with E-state index in [0.29, 0.717) is 11.6 Å². The molecule has 2 N–H and O–H groups in total. The molecule has 0 unspecified atom stereocenters. The van der Waals surface area contributed by atoms with Gasteiger partial charge in [-0.05, 0) is 4.08 Å². The van der Waals surface area contributed by atoms with Crippen molar-refractivity contribution in [1.29, 1.82) is 0 Å². The Morgan fingerprint density at radius 2 is 2.50 bits per heavy atom. The first-order chi connectivity index (χ1) is 2.81. The van der Waals surface area contributed by atoms with Gasteiger partial charge in [-0.25, -0.2) is 0 Å². The highest BCUT2D eigenvalue weighted by Crippen LogP contribution is 2.00. The Bertz CT molecular complexity index is 61.8. The van der Waals surface area contributed by atoms with E-state index >= 15 is 0 Å². The summed E-state index contributed by atoms with van der Waals surface area (Å²) in [6, 6.07) is 0. The first kappa shape index (κ1) is 6.72. The molecule has 0 aliphatic rings. The normalized spacial score (nSPS) is 12.2. The van der Waals surface area contributed by atoms with E-state index in [0.717, 1.165) is 0 Å². The summed E-state index contributed by atoms with van der Waals surface area (Å²) in [5, 5.41) is 0.704. The monoisotopic (exact) mass is 217 g/mol. The maximum atomic E-state index is 5.38. The molecule has 0 atom stereocenters. The molecule has 3 heteroatoms. The molecular formula is C3H5ClIN. The van der Waals surface area contributed by atoms with Crippen LogP contribution in [0.5, 0.6) is 0 Å². The van der Waals surface area contributed by atoms with Gasteiger partial charge in [-0.3, -0.25) is 0 Å². The van der Waals surface area contributed by atoms with E-state index < -0.39 is 0 Å². The lowest BCUT2D eigenvalue weighted by molar-refractivity contribution is 1.24. The minimum atomic E-state index is 0.449. The SMILES string of the molecule is NC/C(Cl)=C\I. The highest BCUT2D eigenvalue weighted by Gasteiger charge is 1.77. The molecule has 0 spiro atoms. The molecule has 0 aromatic heterocycles. The van der Waals surface area contributed by atoms with Crippen LogP contribution in [0.4, 0.5) is 0 Å². The molecule has 0 aromatic rings. The Morgan fingerprint density at radius 1 is 2.00 bits per heavy atom. The Hall–Kier alpha value is 0.720. The van der Waals surface area contributed by atoms with Crippen LogP contribution in [0.1, 0.15) is 0 Å².